The summed E-state index contributed by atoms with van der Waals surface area (Å²) < 4.78 is 10.8. The van der Waals surface area contributed by atoms with E-state index in [-0.39, 0.29) is 12.4 Å². The van der Waals surface area contributed by atoms with E-state index in [0.717, 1.165) is 33.2 Å². The van der Waals surface area contributed by atoms with E-state index in [1.54, 1.807) is 7.11 Å². The molecule has 0 radical (unpaired) electrons. The first-order valence-electron chi connectivity index (χ1n) is 10.4. The Morgan fingerprint density at radius 3 is 2.53 bits per heavy atom. The van der Waals surface area contributed by atoms with Crippen molar-refractivity contribution < 1.29 is 14.3 Å². The number of alkyl halides is 2. The van der Waals surface area contributed by atoms with Crippen molar-refractivity contribution in [3.63, 3.8) is 0 Å². The van der Waals surface area contributed by atoms with Gasteiger partial charge in [-0.15, -0.1) is 23.2 Å². The summed E-state index contributed by atoms with van der Waals surface area (Å²) in [5.41, 5.74) is 2.46. The van der Waals surface area contributed by atoms with Gasteiger partial charge in [0.15, 0.2) is 0 Å². The summed E-state index contributed by atoms with van der Waals surface area (Å²) in [6.07, 6.45) is 0.230. The molecular weight excluding hydrogens is 473 g/mol. The molecular formula is C23H26Cl3N3O3. The van der Waals surface area contributed by atoms with Crippen LogP contribution in [-0.4, -0.2) is 67.5 Å². The predicted octanol–water partition coefficient (Wildman–Crippen LogP) is 5.17. The van der Waals surface area contributed by atoms with Crippen molar-refractivity contribution >= 4 is 68.3 Å². The highest BCUT2D eigenvalue weighted by Gasteiger charge is 2.12. The Bertz CT molecular complexity index is 1060. The van der Waals surface area contributed by atoms with E-state index < -0.39 is 0 Å². The lowest BCUT2D eigenvalue weighted by Crippen LogP contribution is -2.32. The number of hydrogen-bond donors (Lipinski definition) is 1. The predicted molar refractivity (Wildman–Crippen MR) is 133 cm³/mol. The van der Waals surface area contributed by atoms with E-state index in [1.807, 2.05) is 36.4 Å². The number of carbonyl (C=O) groups excluding carboxylic acids is 1. The minimum atomic E-state index is -0.266. The van der Waals surface area contributed by atoms with Crippen LogP contribution in [0.5, 0.6) is 5.75 Å². The van der Waals surface area contributed by atoms with Crippen molar-refractivity contribution in [2.75, 3.05) is 57.0 Å². The Morgan fingerprint density at radius 2 is 1.81 bits per heavy atom. The molecule has 6 nitrogen and oxygen atoms in total. The average molecular weight is 499 g/mol. The number of esters is 1. The Labute approximate surface area is 202 Å². The van der Waals surface area contributed by atoms with Gasteiger partial charge in [0.2, 0.25) is 0 Å². The van der Waals surface area contributed by atoms with Gasteiger partial charge in [-0.25, -0.2) is 4.98 Å². The molecule has 0 aliphatic carbocycles. The molecule has 0 aliphatic heterocycles. The van der Waals surface area contributed by atoms with Crippen molar-refractivity contribution in [3.8, 4) is 5.75 Å². The molecule has 0 aliphatic rings. The van der Waals surface area contributed by atoms with Crippen LogP contribution in [0.15, 0.2) is 36.4 Å². The van der Waals surface area contributed by atoms with Crippen molar-refractivity contribution in [3.05, 3.63) is 41.4 Å². The molecule has 172 valence electrons. The molecule has 3 rings (SSSR count). The maximum Gasteiger partial charge on any atom is 0.307 e. The zero-order valence-corrected chi connectivity index (χ0v) is 20.1. The Balaban J connectivity index is 1.67. The third kappa shape index (κ3) is 6.51. The number of hydrogen-bond acceptors (Lipinski definition) is 6. The summed E-state index contributed by atoms with van der Waals surface area (Å²) in [5.74, 6) is 1.49. The Kier molecular flexibility index (Phi) is 9.48. The fraction of sp³-hybridized carbons (Fsp3) is 0.391. The zero-order valence-electron chi connectivity index (χ0n) is 17.9. The van der Waals surface area contributed by atoms with Crippen molar-refractivity contribution in [1.82, 2.24) is 9.88 Å². The Hall–Kier alpha value is -1.99. The molecule has 0 fully saturated rings. The van der Waals surface area contributed by atoms with Gasteiger partial charge in [-0.05, 0) is 36.4 Å². The molecule has 0 bridgehead atoms. The SMILES string of the molecule is COc1ccc2nc3cc(Cl)ccc3c(NCCC(=O)OCCN(CCCl)CCCl)c2c1. The van der Waals surface area contributed by atoms with Crippen LogP contribution in [0.25, 0.3) is 21.8 Å². The molecule has 9 heteroatoms. The van der Waals surface area contributed by atoms with E-state index in [4.69, 9.17) is 49.3 Å². The number of carbonyl (C=O) groups is 1. The van der Waals surface area contributed by atoms with Gasteiger partial charge in [-0.2, -0.15) is 0 Å². The van der Waals surface area contributed by atoms with Gasteiger partial charge >= 0.3 is 5.97 Å². The highest BCUT2D eigenvalue weighted by molar-refractivity contribution is 6.31. The highest BCUT2D eigenvalue weighted by atomic mass is 35.5. The molecule has 0 atom stereocenters. The lowest BCUT2D eigenvalue weighted by atomic mass is 10.1. The number of ether oxygens (including phenoxy) is 2. The van der Waals surface area contributed by atoms with Crippen LogP contribution in [-0.2, 0) is 9.53 Å². The summed E-state index contributed by atoms with van der Waals surface area (Å²) in [4.78, 5) is 19.0. The molecule has 0 saturated heterocycles. The van der Waals surface area contributed by atoms with Gasteiger partial charge in [-0.1, -0.05) is 11.6 Å². The van der Waals surface area contributed by atoms with Gasteiger partial charge in [-0.3, -0.25) is 9.69 Å². The second kappa shape index (κ2) is 12.3. The first-order chi connectivity index (χ1) is 15.5. The van der Waals surface area contributed by atoms with Crippen molar-refractivity contribution in [2.24, 2.45) is 0 Å². The summed E-state index contributed by atoms with van der Waals surface area (Å²) in [6, 6.07) is 11.3. The largest absolute Gasteiger partial charge is 0.497 e. The van der Waals surface area contributed by atoms with Crippen LogP contribution >= 0.6 is 34.8 Å². The number of benzene rings is 2. The fourth-order valence-corrected chi connectivity index (χ4v) is 4.08. The van der Waals surface area contributed by atoms with E-state index in [2.05, 4.69) is 10.2 Å². The van der Waals surface area contributed by atoms with Crippen LogP contribution in [0.3, 0.4) is 0 Å². The van der Waals surface area contributed by atoms with Crippen LogP contribution < -0.4 is 10.1 Å². The molecule has 32 heavy (non-hydrogen) atoms. The molecule has 3 aromatic rings. The second-order valence-corrected chi connectivity index (χ2v) is 8.34. The van der Waals surface area contributed by atoms with Crippen LogP contribution in [0.1, 0.15) is 6.42 Å². The van der Waals surface area contributed by atoms with E-state index in [1.165, 1.54) is 0 Å². The van der Waals surface area contributed by atoms with Gasteiger partial charge < -0.3 is 14.8 Å². The minimum absolute atomic E-state index is 0.230. The van der Waals surface area contributed by atoms with Gasteiger partial charge in [0.25, 0.3) is 0 Å². The number of rotatable bonds is 12. The number of pyridine rings is 1. The topological polar surface area (TPSA) is 63.7 Å². The molecule has 0 unspecified atom stereocenters. The van der Waals surface area contributed by atoms with E-state index in [0.29, 0.717) is 49.6 Å². The lowest BCUT2D eigenvalue weighted by Gasteiger charge is -2.19. The van der Waals surface area contributed by atoms with E-state index >= 15 is 0 Å². The van der Waals surface area contributed by atoms with Crippen LogP contribution in [0, 0.1) is 0 Å². The second-order valence-electron chi connectivity index (χ2n) is 7.15. The van der Waals surface area contributed by atoms with Crippen LogP contribution in [0.4, 0.5) is 5.69 Å². The molecule has 0 amide bonds. The standard InChI is InChI=1S/C23H26Cl3N3O3/c1-31-17-3-5-20-19(15-17)23(18-4-2-16(26)14-21(18)28-20)27-9-6-22(30)32-13-12-29(10-7-24)11-8-25/h2-5,14-15H,6-13H2,1H3,(H,27,28). The first-order valence-corrected chi connectivity index (χ1v) is 11.8. The van der Waals surface area contributed by atoms with Gasteiger partial charge in [0.05, 0.1) is 30.3 Å². The first kappa shape index (κ1) is 24.6. The third-order valence-electron chi connectivity index (χ3n) is 5.05. The number of aromatic nitrogens is 1. The number of anilines is 1. The summed E-state index contributed by atoms with van der Waals surface area (Å²) in [7, 11) is 1.62. The zero-order chi connectivity index (χ0) is 22.9. The molecule has 2 aromatic carbocycles. The number of nitrogens with zero attached hydrogens (tertiary/aromatic N) is 2. The molecule has 0 spiro atoms. The Morgan fingerprint density at radius 1 is 1.03 bits per heavy atom. The van der Waals surface area contributed by atoms with Crippen molar-refractivity contribution in [2.45, 2.75) is 6.42 Å². The molecule has 1 N–H and O–H groups in total. The molecule has 1 aromatic heterocycles. The maximum absolute atomic E-state index is 12.2. The monoisotopic (exact) mass is 497 g/mol. The number of methoxy groups -OCH3 is 1. The summed E-state index contributed by atoms with van der Waals surface area (Å²) in [6.45, 7) is 2.76. The van der Waals surface area contributed by atoms with Gasteiger partial charge in [0.1, 0.15) is 12.4 Å². The fourth-order valence-electron chi connectivity index (χ4n) is 3.44. The molecule has 0 saturated carbocycles. The maximum atomic E-state index is 12.2. The average Bonchev–Trinajstić information content (AvgIpc) is 2.78. The third-order valence-corrected chi connectivity index (χ3v) is 5.62. The lowest BCUT2D eigenvalue weighted by molar-refractivity contribution is -0.143. The summed E-state index contributed by atoms with van der Waals surface area (Å²) >= 11 is 17.7. The van der Waals surface area contributed by atoms with E-state index in [9.17, 15) is 4.79 Å². The smallest absolute Gasteiger partial charge is 0.307 e. The number of nitrogens with one attached hydrogen (secondary N) is 1. The highest BCUT2D eigenvalue weighted by Crippen LogP contribution is 2.34. The normalized spacial score (nSPS) is 11.3. The summed E-state index contributed by atoms with van der Waals surface area (Å²) in [5, 5.41) is 5.83. The number of halogens is 3. The number of fused-ring (bicyclic) bond motifs is 2. The minimum Gasteiger partial charge on any atom is -0.497 e. The van der Waals surface area contributed by atoms with Crippen molar-refractivity contribution in [1.29, 1.82) is 0 Å². The molecule has 1 heterocycles. The quantitative estimate of drug-likeness (QED) is 0.211. The van der Waals surface area contributed by atoms with Gasteiger partial charge in [0, 0.05) is 53.7 Å². The van der Waals surface area contributed by atoms with Crippen LogP contribution in [0.2, 0.25) is 5.02 Å².